The predicted molar refractivity (Wildman–Crippen MR) is 79.4 cm³/mol. The molecule has 2 unspecified atom stereocenters. The van der Waals surface area contributed by atoms with Crippen molar-refractivity contribution in [3.63, 3.8) is 0 Å². The van der Waals surface area contributed by atoms with Gasteiger partial charge in [0.05, 0.1) is 11.0 Å². The van der Waals surface area contributed by atoms with Crippen molar-refractivity contribution in [2.75, 3.05) is 0 Å². The van der Waals surface area contributed by atoms with Crippen LogP contribution < -0.4 is 5.73 Å². The lowest BCUT2D eigenvalue weighted by molar-refractivity contribution is 0.488. The minimum absolute atomic E-state index is 0.254. The quantitative estimate of drug-likeness (QED) is 0.767. The molecule has 1 heterocycles. The molecule has 3 N–H and O–H groups in total. The lowest BCUT2D eigenvalue weighted by atomic mass is 9.95. The molecule has 1 saturated carbocycles. The number of benzene rings is 1. The van der Waals surface area contributed by atoms with E-state index in [1.165, 1.54) is 36.8 Å². The number of nitrogens with two attached hydrogens (primary N) is 1. The van der Waals surface area contributed by atoms with Crippen LogP contribution in [0.5, 0.6) is 0 Å². The van der Waals surface area contributed by atoms with Gasteiger partial charge in [-0.15, -0.1) is 0 Å². The molecule has 102 valence electrons. The van der Waals surface area contributed by atoms with Gasteiger partial charge in [0.25, 0.3) is 0 Å². The molecule has 19 heavy (non-hydrogen) atoms. The van der Waals surface area contributed by atoms with Gasteiger partial charge < -0.3 is 10.7 Å². The topological polar surface area (TPSA) is 54.7 Å². The number of aromatic nitrogens is 2. The Hall–Kier alpha value is -1.35. The molecular formula is C16H23N3. The second-order valence-electron chi connectivity index (χ2n) is 6.01. The molecule has 1 aliphatic rings. The van der Waals surface area contributed by atoms with Crippen LogP contribution in [-0.2, 0) is 0 Å². The van der Waals surface area contributed by atoms with Gasteiger partial charge in [-0.1, -0.05) is 25.3 Å². The highest BCUT2D eigenvalue weighted by atomic mass is 14.9. The van der Waals surface area contributed by atoms with Crippen LogP contribution >= 0.6 is 0 Å². The lowest BCUT2D eigenvalue weighted by Gasteiger charge is -2.18. The zero-order valence-electron chi connectivity index (χ0n) is 11.9. The fraction of sp³-hybridized carbons (Fsp3) is 0.562. The molecule has 0 aliphatic heterocycles. The Morgan fingerprint density at radius 3 is 2.79 bits per heavy atom. The second-order valence-corrected chi connectivity index (χ2v) is 6.01. The summed E-state index contributed by atoms with van der Waals surface area (Å²) >= 11 is 0. The number of fused-ring (bicyclic) bond motifs is 1. The number of hydrogen-bond acceptors (Lipinski definition) is 2. The highest BCUT2D eigenvalue weighted by Crippen LogP contribution is 2.31. The molecule has 1 fully saturated rings. The van der Waals surface area contributed by atoms with Crippen LogP contribution in [0.15, 0.2) is 12.1 Å². The molecule has 0 radical (unpaired) electrons. The van der Waals surface area contributed by atoms with Gasteiger partial charge in [-0.05, 0) is 43.9 Å². The van der Waals surface area contributed by atoms with Gasteiger partial charge in [-0.2, -0.15) is 0 Å². The lowest BCUT2D eigenvalue weighted by Crippen LogP contribution is -2.28. The van der Waals surface area contributed by atoms with E-state index in [0.29, 0.717) is 5.92 Å². The average molecular weight is 257 g/mol. The Labute approximate surface area is 114 Å². The fourth-order valence-corrected chi connectivity index (χ4v) is 3.34. The third-order valence-electron chi connectivity index (χ3n) is 4.36. The number of rotatable bonds is 1. The molecule has 3 heteroatoms. The highest BCUT2D eigenvalue weighted by Gasteiger charge is 2.25. The van der Waals surface area contributed by atoms with Crippen molar-refractivity contribution in [2.45, 2.75) is 57.9 Å². The molecule has 1 aromatic carbocycles. The van der Waals surface area contributed by atoms with E-state index < -0.39 is 0 Å². The van der Waals surface area contributed by atoms with E-state index in [1.807, 2.05) is 0 Å². The van der Waals surface area contributed by atoms with Crippen molar-refractivity contribution in [1.82, 2.24) is 9.97 Å². The third kappa shape index (κ3) is 2.39. The van der Waals surface area contributed by atoms with E-state index in [9.17, 15) is 0 Å². The number of H-pyrrole nitrogens is 1. The van der Waals surface area contributed by atoms with Crippen molar-refractivity contribution in [3.05, 3.63) is 29.1 Å². The van der Waals surface area contributed by atoms with Gasteiger partial charge in [0.2, 0.25) is 0 Å². The molecule has 1 aliphatic carbocycles. The minimum Gasteiger partial charge on any atom is -0.342 e. The van der Waals surface area contributed by atoms with E-state index >= 15 is 0 Å². The summed E-state index contributed by atoms with van der Waals surface area (Å²) in [5, 5.41) is 0. The minimum atomic E-state index is 0.254. The Kier molecular flexibility index (Phi) is 3.31. The monoisotopic (exact) mass is 257 g/mol. The number of aryl methyl sites for hydroxylation is 2. The van der Waals surface area contributed by atoms with Crippen molar-refractivity contribution >= 4 is 11.0 Å². The zero-order valence-corrected chi connectivity index (χ0v) is 11.9. The number of nitrogens with zero attached hydrogens (tertiary/aromatic N) is 1. The summed E-state index contributed by atoms with van der Waals surface area (Å²) in [6, 6.07) is 4.63. The smallest absolute Gasteiger partial charge is 0.111 e. The molecular weight excluding hydrogens is 234 g/mol. The largest absolute Gasteiger partial charge is 0.342 e. The van der Waals surface area contributed by atoms with Crippen LogP contribution in [0, 0.1) is 13.8 Å². The summed E-state index contributed by atoms with van der Waals surface area (Å²) in [6.45, 7) is 4.26. The van der Waals surface area contributed by atoms with Gasteiger partial charge in [0.1, 0.15) is 5.82 Å². The maximum absolute atomic E-state index is 6.34. The van der Waals surface area contributed by atoms with Gasteiger partial charge >= 0.3 is 0 Å². The third-order valence-corrected chi connectivity index (χ3v) is 4.36. The molecule has 3 nitrogen and oxygen atoms in total. The van der Waals surface area contributed by atoms with Crippen molar-refractivity contribution in [3.8, 4) is 0 Å². The first kappa shape index (κ1) is 12.7. The van der Waals surface area contributed by atoms with Crippen molar-refractivity contribution in [1.29, 1.82) is 0 Å². The van der Waals surface area contributed by atoms with Crippen LogP contribution in [0.1, 0.15) is 55.0 Å². The number of hydrogen-bond donors (Lipinski definition) is 2. The maximum Gasteiger partial charge on any atom is 0.111 e. The van der Waals surface area contributed by atoms with Crippen molar-refractivity contribution in [2.24, 2.45) is 5.73 Å². The Bertz CT molecular complexity index is 585. The summed E-state index contributed by atoms with van der Waals surface area (Å²) in [5.74, 6) is 1.49. The Morgan fingerprint density at radius 1 is 1.16 bits per heavy atom. The summed E-state index contributed by atoms with van der Waals surface area (Å²) in [6.07, 6.45) is 6.13. The average Bonchev–Trinajstić information content (AvgIpc) is 2.65. The van der Waals surface area contributed by atoms with Crippen LogP contribution in [0.2, 0.25) is 0 Å². The standard InChI is InChI=1S/C16H23N3/c1-10-8-11(2)15-14(9-10)18-16(19-15)12-6-4-3-5-7-13(12)17/h8-9,12-13H,3-7,17H2,1-2H3,(H,18,19). The molecule has 0 bridgehead atoms. The predicted octanol–water partition coefficient (Wildman–Crippen LogP) is 3.55. The number of imidazole rings is 1. The molecule has 0 amide bonds. The summed E-state index contributed by atoms with van der Waals surface area (Å²) < 4.78 is 0. The first-order chi connectivity index (χ1) is 9.15. The summed E-state index contributed by atoms with van der Waals surface area (Å²) in [7, 11) is 0. The summed E-state index contributed by atoms with van der Waals surface area (Å²) in [4.78, 5) is 8.35. The van der Waals surface area contributed by atoms with Crippen LogP contribution in [0.25, 0.3) is 11.0 Å². The van der Waals surface area contributed by atoms with Gasteiger partial charge in [0.15, 0.2) is 0 Å². The molecule has 2 aromatic rings. The normalized spacial score (nSPS) is 24.6. The van der Waals surface area contributed by atoms with E-state index in [-0.39, 0.29) is 6.04 Å². The maximum atomic E-state index is 6.34. The summed E-state index contributed by atoms with van der Waals surface area (Å²) in [5.41, 5.74) is 11.1. The molecule has 0 spiro atoms. The molecule has 3 rings (SSSR count). The SMILES string of the molecule is Cc1cc(C)c2nc(C3CCCCCC3N)[nH]c2c1. The second kappa shape index (κ2) is 4.97. The van der Waals surface area contributed by atoms with Gasteiger partial charge in [-0.25, -0.2) is 4.98 Å². The Morgan fingerprint density at radius 2 is 1.95 bits per heavy atom. The van der Waals surface area contributed by atoms with Crippen LogP contribution in [0.4, 0.5) is 0 Å². The molecule has 2 atom stereocenters. The van der Waals surface area contributed by atoms with E-state index in [4.69, 9.17) is 10.7 Å². The number of nitrogens with one attached hydrogen (secondary N) is 1. The first-order valence-corrected chi connectivity index (χ1v) is 7.37. The van der Waals surface area contributed by atoms with E-state index in [1.54, 1.807) is 0 Å². The van der Waals surface area contributed by atoms with Crippen LogP contribution in [0.3, 0.4) is 0 Å². The van der Waals surface area contributed by atoms with E-state index in [2.05, 4.69) is 31.0 Å². The fourth-order valence-electron chi connectivity index (χ4n) is 3.34. The Balaban J connectivity index is 2.02. The van der Waals surface area contributed by atoms with Gasteiger partial charge in [-0.3, -0.25) is 0 Å². The first-order valence-electron chi connectivity index (χ1n) is 7.37. The molecule has 0 saturated heterocycles. The number of aromatic amines is 1. The van der Waals surface area contributed by atoms with Crippen molar-refractivity contribution < 1.29 is 0 Å². The van der Waals surface area contributed by atoms with Gasteiger partial charge in [0, 0.05) is 12.0 Å². The van der Waals surface area contributed by atoms with Crippen LogP contribution in [-0.4, -0.2) is 16.0 Å². The highest BCUT2D eigenvalue weighted by molar-refractivity contribution is 5.79. The zero-order chi connectivity index (χ0) is 13.4. The molecule has 1 aromatic heterocycles. The van der Waals surface area contributed by atoms with E-state index in [0.717, 1.165) is 23.3 Å².